The van der Waals surface area contributed by atoms with Crippen molar-refractivity contribution in [2.24, 2.45) is 5.73 Å². The molecular formula is C15H18N2O. The van der Waals surface area contributed by atoms with Gasteiger partial charge >= 0.3 is 0 Å². The fraction of sp³-hybridized carbons (Fsp3) is 0.400. The van der Waals surface area contributed by atoms with Gasteiger partial charge < -0.3 is 10.5 Å². The first kappa shape index (κ1) is 11.6. The van der Waals surface area contributed by atoms with Gasteiger partial charge in [-0.05, 0) is 43.0 Å². The molecule has 0 amide bonds. The minimum atomic E-state index is -0.249. The monoisotopic (exact) mass is 242 g/mol. The fourth-order valence-corrected chi connectivity index (χ4v) is 2.65. The number of rotatable bonds is 1. The molecule has 1 unspecified atom stereocenters. The van der Waals surface area contributed by atoms with Gasteiger partial charge in [-0.25, -0.2) is 0 Å². The van der Waals surface area contributed by atoms with Gasteiger partial charge in [-0.3, -0.25) is 4.98 Å². The average Bonchev–Trinajstić information content (AvgIpc) is 2.64. The second-order valence-electron chi connectivity index (χ2n) is 5.03. The maximum atomic E-state index is 6.57. The van der Waals surface area contributed by atoms with Gasteiger partial charge in [0.25, 0.3) is 0 Å². The first-order valence-electron chi connectivity index (χ1n) is 6.50. The van der Waals surface area contributed by atoms with Crippen molar-refractivity contribution in [3.05, 3.63) is 42.1 Å². The molecule has 0 saturated carbocycles. The van der Waals surface area contributed by atoms with E-state index in [0.717, 1.165) is 43.4 Å². The zero-order valence-electron chi connectivity index (χ0n) is 10.4. The molecule has 2 aromatic rings. The average molecular weight is 242 g/mol. The number of hydrogen-bond donors (Lipinski definition) is 1. The Morgan fingerprint density at radius 1 is 1.17 bits per heavy atom. The normalized spacial score (nSPS) is 24.9. The lowest BCUT2D eigenvalue weighted by atomic mass is 9.83. The Morgan fingerprint density at radius 2 is 2.11 bits per heavy atom. The Kier molecular flexibility index (Phi) is 3.02. The van der Waals surface area contributed by atoms with E-state index in [0.29, 0.717) is 0 Å². The summed E-state index contributed by atoms with van der Waals surface area (Å²) in [5.74, 6) is 0. The van der Waals surface area contributed by atoms with Crippen LogP contribution in [0.2, 0.25) is 0 Å². The van der Waals surface area contributed by atoms with Crippen molar-refractivity contribution < 1.29 is 4.74 Å². The maximum Gasteiger partial charge on any atom is 0.0702 e. The van der Waals surface area contributed by atoms with Gasteiger partial charge in [-0.2, -0.15) is 0 Å². The molecule has 0 bridgehead atoms. The summed E-state index contributed by atoms with van der Waals surface area (Å²) in [6.45, 7) is 1.58. The highest BCUT2D eigenvalue weighted by Crippen LogP contribution is 2.31. The summed E-state index contributed by atoms with van der Waals surface area (Å²) in [4.78, 5) is 4.34. The van der Waals surface area contributed by atoms with Gasteiger partial charge in [-0.1, -0.05) is 12.1 Å². The molecule has 1 fully saturated rings. The molecule has 2 heterocycles. The molecule has 94 valence electrons. The third-order valence-electron chi connectivity index (χ3n) is 3.78. The second kappa shape index (κ2) is 4.67. The molecule has 0 spiro atoms. The molecule has 1 aromatic heterocycles. The Bertz CT molecular complexity index is 545. The number of benzene rings is 1. The van der Waals surface area contributed by atoms with E-state index in [4.69, 9.17) is 10.5 Å². The van der Waals surface area contributed by atoms with Gasteiger partial charge in [0.1, 0.15) is 0 Å². The van der Waals surface area contributed by atoms with E-state index < -0.39 is 0 Å². The van der Waals surface area contributed by atoms with Gasteiger partial charge in [-0.15, -0.1) is 0 Å². The molecule has 3 heteroatoms. The van der Waals surface area contributed by atoms with Crippen molar-refractivity contribution in [3.63, 3.8) is 0 Å². The maximum absolute atomic E-state index is 6.57. The highest BCUT2D eigenvalue weighted by atomic mass is 16.5. The molecule has 1 atom stereocenters. The van der Waals surface area contributed by atoms with Crippen molar-refractivity contribution in [3.8, 4) is 0 Å². The Morgan fingerprint density at radius 3 is 3.06 bits per heavy atom. The summed E-state index contributed by atoms with van der Waals surface area (Å²) >= 11 is 0. The van der Waals surface area contributed by atoms with E-state index in [2.05, 4.69) is 29.2 Å². The standard InChI is InChI=1S/C15H18N2O/c16-15(6-2-9-18-10-7-15)13-4-5-14-12(11-13)3-1-8-17-14/h1,3-5,8,11H,2,6-7,9-10,16H2. The van der Waals surface area contributed by atoms with E-state index >= 15 is 0 Å². The summed E-state index contributed by atoms with van der Waals surface area (Å²) in [7, 11) is 0. The number of hydrogen-bond acceptors (Lipinski definition) is 3. The quantitative estimate of drug-likeness (QED) is 0.836. The van der Waals surface area contributed by atoms with Crippen molar-refractivity contribution >= 4 is 10.9 Å². The number of nitrogens with zero attached hydrogens (tertiary/aromatic N) is 1. The predicted molar refractivity (Wildman–Crippen MR) is 72.3 cm³/mol. The van der Waals surface area contributed by atoms with E-state index in [1.807, 2.05) is 12.3 Å². The lowest BCUT2D eigenvalue weighted by molar-refractivity contribution is 0.139. The van der Waals surface area contributed by atoms with Crippen LogP contribution in [0.1, 0.15) is 24.8 Å². The van der Waals surface area contributed by atoms with Crippen LogP contribution in [0.3, 0.4) is 0 Å². The van der Waals surface area contributed by atoms with E-state index in [-0.39, 0.29) is 5.54 Å². The van der Waals surface area contributed by atoms with Crippen LogP contribution in [0.25, 0.3) is 10.9 Å². The smallest absolute Gasteiger partial charge is 0.0702 e. The predicted octanol–water partition coefficient (Wildman–Crippen LogP) is 2.59. The number of fused-ring (bicyclic) bond motifs is 1. The third kappa shape index (κ3) is 2.11. The van der Waals surface area contributed by atoms with E-state index in [1.165, 1.54) is 5.56 Å². The van der Waals surface area contributed by atoms with Crippen LogP contribution in [0.5, 0.6) is 0 Å². The molecule has 1 aromatic carbocycles. The number of aromatic nitrogens is 1. The second-order valence-corrected chi connectivity index (χ2v) is 5.03. The molecule has 0 radical (unpaired) electrons. The van der Waals surface area contributed by atoms with Crippen LogP contribution >= 0.6 is 0 Å². The SMILES string of the molecule is NC1(c2ccc3ncccc3c2)CCCOCC1. The Balaban J connectivity index is 2.02. The number of nitrogens with two attached hydrogens (primary N) is 1. The summed E-state index contributed by atoms with van der Waals surface area (Å²) in [6.07, 6.45) is 4.72. The van der Waals surface area contributed by atoms with Crippen molar-refractivity contribution in [2.75, 3.05) is 13.2 Å². The van der Waals surface area contributed by atoms with E-state index in [1.54, 1.807) is 0 Å². The topological polar surface area (TPSA) is 48.1 Å². The van der Waals surface area contributed by atoms with Gasteiger partial charge in [0.15, 0.2) is 0 Å². The minimum absolute atomic E-state index is 0.249. The lowest BCUT2D eigenvalue weighted by Crippen LogP contribution is -2.36. The summed E-state index contributed by atoms with van der Waals surface area (Å²) in [6, 6.07) is 10.4. The summed E-state index contributed by atoms with van der Waals surface area (Å²) in [5, 5.41) is 1.16. The fourth-order valence-electron chi connectivity index (χ4n) is 2.65. The van der Waals surface area contributed by atoms with Crippen LogP contribution in [0.15, 0.2) is 36.5 Å². The Labute approximate surface area is 107 Å². The zero-order chi connectivity index (χ0) is 12.4. The minimum Gasteiger partial charge on any atom is -0.381 e. The molecule has 18 heavy (non-hydrogen) atoms. The van der Waals surface area contributed by atoms with Crippen LogP contribution in [-0.4, -0.2) is 18.2 Å². The van der Waals surface area contributed by atoms with Crippen LogP contribution in [0, 0.1) is 0 Å². The first-order valence-corrected chi connectivity index (χ1v) is 6.50. The highest BCUT2D eigenvalue weighted by molar-refractivity contribution is 5.79. The zero-order valence-corrected chi connectivity index (χ0v) is 10.4. The van der Waals surface area contributed by atoms with E-state index in [9.17, 15) is 0 Å². The molecule has 1 aliphatic rings. The van der Waals surface area contributed by atoms with Crippen molar-refractivity contribution in [1.29, 1.82) is 0 Å². The van der Waals surface area contributed by atoms with Crippen molar-refractivity contribution in [2.45, 2.75) is 24.8 Å². The van der Waals surface area contributed by atoms with Gasteiger partial charge in [0, 0.05) is 30.3 Å². The highest BCUT2D eigenvalue weighted by Gasteiger charge is 2.28. The molecule has 1 aliphatic heterocycles. The largest absolute Gasteiger partial charge is 0.381 e. The number of ether oxygens (including phenoxy) is 1. The van der Waals surface area contributed by atoms with Crippen LogP contribution < -0.4 is 5.73 Å². The van der Waals surface area contributed by atoms with Gasteiger partial charge in [0.2, 0.25) is 0 Å². The molecule has 0 aliphatic carbocycles. The third-order valence-corrected chi connectivity index (χ3v) is 3.78. The van der Waals surface area contributed by atoms with Crippen LogP contribution in [0.4, 0.5) is 0 Å². The molecule has 3 nitrogen and oxygen atoms in total. The molecule has 1 saturated heterocycles. The Hall–Kier alpha value is -1.45. The summed E-state index contributed by atoms with van der Waals surface area (Å²) < 4.78 is 5.51. The van der Waals surface area contributed by atoms with Crippen molar-refractivity contribution in [1.82, 2.24) is 4.98 Å². The number of pyridine rings is 1. The molecule has 3 rings (SSSR count). The lowest BCUT2D eigenvalue weighted by Gasteiger charge is -2.28. The molecular weight excluding hydrogens is 224 g/mol. The van der Waals surface area contributed by atoms with Crippen LogP contribution in [-0.2, 0) is 10.3 Å². The first-order chi connectivity index (χ1) is 8.78. The summed E-state index contributed by atoms with van der Waals surface area (Å²) in [5.41, 5.74) is 8.55. The van der Waals surface area contributed by atoms with Gasteiger partial charge in [0.05, 0.1) is 5.52 Å². The molecule has 2 N–H and O–H groups in total.